The maximum absolute atomic E-state index is 12.4. The fraction of sp³-hybridized carbons (Fsp3) is 0.500. The van der Waals surface area contributed by atoms with E-state index in [4.69, 9.17) is 4.74 Å². The van der Waals surface area contributed by atoms with Crippen molar-refractivity contribution in [1.29, 1.82) is 0 Å². The van der Waals surface area contributed by atoms with Crippen LogP contribution in [0, 0.1) is 22.0 Å². The lowest BCUT2D eigenvalue weighted by Gasteiger charge is -2.19. The van der Waals surface area contributed by atoms with Gasteiger partial charge < -0.3 is 10.1 Å². The number of anilines is 1. The normalized spacial score (nSPS) is 21.7. The molecule has 0 radical (unpaired) electrons. The van der Waals surface area contributed by atoms with Crippen molar-refractivity contribution in [2.45, 2.75) is 45.1 Å². The number of fused-ring (bicyclic) bond motifs is 1. The van der Waals surface area contributed by atoms with Crippen LogP contribution in [0.2, 0.25) is 0 Å². The molecular weight excluding hydrogens is 394 g/mol. The van der Waals surface area contributed by atoms with Gasteiger partial charge >= 0.3 is 5.97 Å². The first-order valence-corrected chi connectivity index (χ1v) is 9.88. The number of likely N-dealkylation sites (tertiary alicyclic amines) is 1. The van der Waals surface area contributed by atoms with E-state index in [0.717, 1.165) is 17.7 Å². The number of rotatable bonds is 7. The van der Waals surface area contributed by atoms with Crippen molar-refractivity contribution >= 4 is 35.1 Å². The van der Waals surface area contributed by atoms with E-state index in [-0.39, 0.29) is 48.0 Å². The van der Waals surface area contributed by atoms with Gasteiger partial charge in [-0.3, -0.25) is 34.2 Å². The molecule has 10 nitrogen and oxygen atoms in total. The molecule has 1 heterocycles. The van der Waals surface area contributed by atoms with Crippen molar-refractivity contribution in [3.8, 4) is 0 Å². The third-order valence-corrected chi connectivity index (χ3v) is 5.51. The van der Waals surface area contributed by atoms with Crippen molar-refractivity contribution in [3.05, 3.63) is 34.4 Å². The van der Waals surface area contributed by atoms with Gasteiger partial charge in [0.15, 0.2) is 6.10 Å². The summed E-state index contributed by atoms with van der Waals surface area (Å²) < 4.78 is 5.06. The van der Waals surface area contributed by atoms with Gasteiger partial charge in [0.2, 0.25) is 11.8 Å². The fourth-order valence-electron chi connectivity index (χ4n) is 3.94. The number of carbonyl (C=O) groups excluding carboxylic acids is 4. The summed E-state index contributed by atoms with van der Waals surface area (Å²) in [7, 11) is 0. The van der Waals surface area contributed by atoms with Crippen LogP contribution in [0.3, 0.4) is 0 Å². The minimum absolute atomic E-state index is 0.00809. The van der Waals surface area contributed by atoms with Gasteiger partial charge in [0.1, 0.15) is 5.69 Å². The van der Waals surface area contributed by atoms with Gasteiger partial charge in [-0.1, -0.05) is 25.0 Å². The zero-order valence-corrected chi connectivity index (χ0v) is 16.5. The maximum atomic E-state index is 12.4. The van der Waals surface area contributed by atoms with Crippen LogP contribution in [-0.4, -0.2) is 46.2 Å². The minimum Gasteiger partial charge on any atom is -0.452 e. The maximum Gasteiger partial charge on any atom is 0.308 e. The predicted octanol–water partition coefficient (Wildman–Crippen LogP) is 2.03. The molecule has 1 aromatic carbocycles. The summed E-state index contributed by atoms with van der Waals surface area (Å²) in [5.41, 5.74) is -0.289. The summed E-state index contributed by atoms with van der Waals surface area (Å²) >= 11 is 0. The zero-order chi connectivity index (χ0) is 21.8. The lowest BCUT2D eigenvalue weighted by Crippen LogP contribution is -2.35. The highest BCUT2D eigenvalue weighted by molar-refractivity contribution is 6.05. The molecule has 10 heteroatoms. The zero-order valence-electron chi connectivity index (χ0n) is 16.5. The lowest BCUT2D eigenvalue weighted by atomic mass is 9.81. The Hall–Kier alpha value is -3.30. The van der Waals surface area contributed by atoms with Crippen molar-refractivity contribution in [3.63, 3.8) is 0 Å². The molecule has 1 saturated heterocycles. The number of amides is 3. The first-order valence-electron chi connectivity index (χ1n) is 9.88. The molecule has 1 saturated carbocycles. The third kappa shape index (κ3) is 4.47. The van der Waals surface area contributed by atoms with E-state index in [9.17, 15) is 29.3 Å². The van der Waals surface area contributed by atoms with Gasteiger partial charge in [-0.15, -0.1) is 0 Å². The number of nitro groups is 1. The summed E-state index contributed by atoms with van der Waals surface area (Å²) in [4.78, 5) is 60.7. The van der Waals surface area contributed by atoms with Crippen molar-refractivity contribution in [2.24, 2.45) is 11.8 Å². The molecule has 3 atom stereocenters. The Bertz CT molecular complexity index is 861. The minimum atomic E-state index is -1.20. The van der Waals surface area contributed by atoms with E-state index in [0.29, 0.717) is 12.8 Å². The van der Waals surface area contributed by atoms with Gasteiger partial charge in [-0.25, -0.2) is 0 Å². The second-order valence-corrected chi connectivity index (χ2v) is 7.47. The molecule has 1 aliphatic heterocycles. The van der Waals surface area contributed by atoms with Crippen LogP contribution < -0.4 is 5.32 Å². The van der Waals surface area contributed by atoms with Gasteiger partial charge in [-0.05, 0) is 25.8 Å². The second-order valence-electron chi connectivity index (χ2n) is 7.47. The highest BCUT2D eigenvalue weighted by Gasteiger charge is 2.47. The molecule has 160 valence electrons. The summed E-state index contributed by atoms with van der Waals surface area (Å²) in [5, 5.41) is 13.4. The van der Waals surface area contributed by atoms with E-state index < -0.39 is 22.9 Å². The SMILES string of the molecule is C[C@H](OC(=O)CCN1C(=O)[C@H]2CCCC[C@H]2C1=O)C(=O)Nc1ccccc1[N+](=O)[O-]. The molecular formula is C20H23N3O7. The average molecular weight is 417 g/mol. The van der Waals surface area contributed by atoms with Crippen molar-refractivity contribution < 1.29 is 28.8 Å². The number of para-hydroxylation sites is 2. The number of benzene rings is 1. The van der Waals surface area contributed by atoms with Gasteiger partial charge in [0, 0.05) is 12.6 Å². The van der Waals surface area contributed by atoms with Crippen LogP contribution in [-0.2, 0) is 23.9 Å². The highest BCUT2D eigenvalue weighted by atomic mass is 16.6. The number of nitro benzene ring substituents is 1. The molecule has 0 bridgehead atoms. The van der Waals surface area contributed by atoms with Crippen LogP contribution in [0.15, 0.2) is 24.3 Å². The van der Waals surface area contributed by atoms with E-state index >= 15 is 0 Å². The van der Waals surface area contributed by atoms with E-state index in [1.165, 1.54) is 31.2 Å². The number of esters is 1. The number of ether oxygens (including phenoxy) is 1. The molecule has 1 aliphatic carbocycles. The molecule has 0 spiro atoms. The van der Waals surface area contributed by atoms with Crippen LogP contribution in [0.25, 0.3) is 0 Å². The molecule has 1 aromatic rings. The second kappa shape index (κ2) is 9.02. The quantitative estimate of drug-likeness (QED) is 0.310. The Labute approximate surface area is 172 Å². The van der Waals surface area contributed by atoms with Gasteiger partial charge in [0.25, 0.3) is 11.6 Å². The standard InChI is InChI=1S/C20H23N3O7/c1-12(18(25)21-15-8-4-5-9-16(15)23(28)29)30-17(24)10-11-22-19(26)13-6-2-3-7-14(13)20(22)27/h4-5,8-9,12-14H,2-3,6-7,10-11H2,1H3,(H,21,25)/t12-,13-,14+/m0/s1. The van der Waals surface area contributed by atoms with Crippen molar-refractivity contribution in [1.82, 2.24) is 4.90 Å². The Morgan fingerprint density at radius 2 is 1.80 bits per heavy atom. The number of hydrogen-bond donors (Lipinski definition) is 1. The molecule has 3 amide bonds. The van der Waals surface area contributed by atoms with Crippen molar-refractivity contribution in [2.75, 3.05) is 11.9 Å². The summed E-state index contributed by atoms with van der Waals surface area (Å²) in [6.45, 7) is 1.25. The molecule has 30 heavy (non-hydrogen) atoms. The Morgan fingerprint density at radius 3 is 2.40 bits per heavy atom. The predicted molar refractivity (Wildman–Crippen MR) is 104 cm³/mol. The Kier molecular flexibility index (Phi) is 6.43. The van der Waals surface area contributed by atoms with Crippen LogP contribution in [0.1, 0.15) is 39.0 Å². The molecule has 0 unspecified atom stereocenters. The van der Waals surface area contributed by atoms with E-state index in [1.54, 1.807) is 0 Å². The molecule has 3 rings (SSSR count). The van der Waals surface area contributed by atoms with Crippen LogP contribution in [0.4, 0.5) is 11.4 Å². The third-order valence-electron chi connectivity index (χ3n) is 5.51. The van der Waals surface area contributed by atoms with Crippen LogP contribution in [0.5, 0.6) is 0 Å². The fourth-order valence-corrected chi connectivity index (χ4v) is 3.94. The van der Waals surface area contributed by atoms with E-state index in [2.05, 4.69) is 5.32 Å². The number of carbonyl (C=O) groups is 4. The Morgan fingerprint density at radius 1 is 1.20 bits per heavy atom. The van der Waals surface area contributed by atoms with Crippen LogP contribution >= 0.6 is 0 Å². The molecule has 2 fully saturated rings. The van der Waals surface area contributed by atoms with Gasteiger partial charge in [-0.2, -0.15) is 0 Å². The average Bonchev–Trinajstić information content (AvgIpc) is 2.97. The number of nitrogens with one attached hydrogen (secondary N) is 1. The highest BCUT2D eigenvalue weighted by Crippen LogP contribution is 2.38. The first kappa shape index (κ1) is 21.4. The first-order chi connectivity index (χ1) is 14.3. The van der Waals surface area contributed by atoms with Gasteiger partial charge in [0.05, 0.1) is 23.2 Å². The number of imide groups is 1. The molecule has 1 N–H and O–H groups in total. The molecule has 0 aromatic heterocycles. The topological polar surface area (TPSA) is 136 Å². The summed E-state index contributed by atoms with van der Waals surface area (Å²) in [5.74, 6) is -2.51. The largest absolute Gasteiger partial charge is 0.452 e. The monoisotopic (exact) mass is 417 g/mol. The molecule has 2 aliphatic rings. The summed E-state index contributed by atoms with van der Waals surface area (Å²) in [6.07, 6.45) is 1.80. The number of hydrogen-bond acceptors (Lipinski definition) is 7. The summed E-state index contributed by atoms with van der Waals surface area (Å²) in [6, 6.07) is 5.61. The number of nitrogens with zero attached hydrogens (tertiary/aromatic N) is 2. The Balaban J connectivity index is 1.51. The lowest BCUT2D eigenvalue weighted by molar-refractivity contribution is -0.383. The smallest absolute Gasteiger partial charge is 0.308 e. The van der Waals surface area contributed by atoms with E-state index in [1.807, 2.05) is 0 Å².